The molecule has 1 aliphatic rings. The zero-order valence-corrected chi connectivity index (χ0v) is 14.4. The number of alkyl halides is 1. The number of piperidine rings is 1. The lowest BCUT2D eigenvalue weighted by Crippen LogP contribution is -2.42. The molecule has 0 aromatic heterocycles. The molecule has 23 heavy (non-hydrogen) atoms. The molecule has 1 amide bonds. The second kappa shape index (κ2) is 8.01. The molecular formula is C16H19BrN4O2. The van der Waals surface area contributed by atoms with Gasteiger partial charge in [0.05, 0.1) is 16.6 Å². The topological polar surface area (TPSA) is 65.3 Å². The summed E-state index contributed by atoms with van der Waals surface area (Å²) in [5.41, 5.74) is 0.996. The fourth-order valence-corrected chi connectivity index (χ4v) is 3.19. The molecule has 0 saturated carbocycles. The van der Waals surface area contributed by atoms with Crippen molar-refractivity contribution in [2.45, 2.75) is 12.8 Å². The Morgan fingerprint density at radius 3 is 2.65 bits per heavy atom. The highest BCUT2D eigenvalue weighted by atomic mass is 79.9. The predicted molar refractivity (Wildman–Crippen MR) is 95.4 cm³/mol. The van der Waals surface area contributed by atoms with Gasteiger partial charge in [-0.15, -0.1) is 0 Å². The molecule has 1 saturated heterocycles. The van der Waals surface area contributed by atoms with E-state index in [2.05, 4.69) is 39.6 Å². The molecule has 0 radical (unpaired) electrons. The minimum Gasteiger partial charge on any atom is -0.338 e. The van der Waals surface area contributed by atoms with E-state index in [9.17, 15) is 9.59 Å². The molecule has 1 atom stereocenters. The summed E-state index contributed by atoms with van der Waals surface area (Å²) in [7, 11) is 0. The summed E-state index contributed by atoms with van der Waals surface area (Å²) in [6.45, 7) is 7.96. The highest BCUT2D eigenvalue weighted by Gasteiger charge is 2.29. The third kappa shape index (κ3) is 3.85. The Labute approximate surface area is 144 Å². The minimum atomic E-state index is -0.134. The van der Waals surface area contributed by atoms with Crippen molar-refractivity contribution < 1.29 is 9.59 Å². The first-order valence-corrected chi connectivity index (χ1v) is 8.45. The summed E-state index contributed by atoms with van der Waals surface area (Å²) in [5, 5.41) is 9.03. The Balaban J connectivity index is 2.25. The maximum atomic E-state index is 12.9. The second-order valence-electron chi connectivity index (χ2n) is 5.28. The Morgan fingerprint density at radius 1 is 1.30 bits per heavy atom. The van der Waals surface area contributed by atoms with Gasteiger partial charge >= 0.3 is 0 Å². The van der Waals surface area contributed by atoms with E-state index in [-0.39, 0.29) is 17.6 Å². The number of halogens is 1. The molecule has 7 heteroatoms. The van der Waals surface area contributed by atoms with E-state index in [4.69, 9.17) is 0 Å². The van der Waals surface area contributed by atoms with Gasteiger partial charge in [0.25, 0.3) is 5.91 Å². The van der Waals surface area contributed by atoms with Crippen molar-refractivity contribution in [2.24, 2.45) is 16.1 Å². The van der Waals surface area contributed by atoms with Crippen molar-refractivity contribution in [1.82, 2.24) is 4.90 Å². The Bertz CT molecular complexity index is 612. The number of carbonyl (C=O) groups excluding carboxylic acids is 2. The number of Topliss-reactive ketones (excluding diaryl/α,β-unsaturated/α-hetero) is 1. The number of nitrogens with zero attached hydrogens (tertiary/aromatic N) is 4. The first-order valence-electron chi connectivity index (χ1n) is 7.32. The molecule has 1 aromatic carbocycles. The van der Waals surface area contributed by atoms with Gasteiger partial charge in [0.1, 0.15) is 5.78 Å². The number of amides is 1. The fraction of sp³-hybridized carbons (Fsp3) is 0.375. The Hall–Kier alpha value is -2.02. The zero-order chi connectivity index (χ0) is 16.8. The van der Waals surface area contributed by atoms with Gasteiger partial charge in [0.2, 0.25) is 0 Å². The normalized spacial score (nSPS) is 17.4. The molecule has 0 aliphatic carbocycles. The van der Waals surface area contributed by atoms with E-state index in [1.807, 2.05) is 0 Å². The number of benzene rings is 1. The third-order valence-corrected chi connectivity index (χ3v) is 4.47. The number of para-hydroxylation sites is 1. The van der Waals surface area contributed by atoms with E-state index < -0.39 is 0 Å². The summed E-state index contributed by atoms with van der Waals surface area (Å²) >= 11 is 3.20. The molecule has 2 rings (SSSR count). The maximum absolute atomic E-state index is 12.9. The fourth-order valence-electron chi connectivity index (χ4n) is 2.73. The van der Waals surface area contributed by atoms with E-state index in [1.54, 1.807) is 29.2 Å². The van der Waals surface area contributed by atoms with Gasteiger partial charge in [-0.3, -0.25) is 9.59 Å². The number of hydrogen-bond donors (Lipinski definition) is 0. The molecule has 0 N–H and O–H groups in total. The molecule has 0 bridgehead atoms. The smallest absolute Gasteiger partial charge is 0.256 e. The number of hydrogen-bond acceptors (Lipinski definition) is 5. The van der Waals surface area contributed by atoms with Gasteiger partial charge in [0.15, 0.2) is 0 Å². The average Bonchev–Trinajstić information content (AvgIpc) is 2.62. The lowest BCUT2D eigenvalue weighted by Gasteiger charge is -2.32. The SMILES string of the molecule is C=NN(N=C)c1ccccc1C(=O)N1CCCC(C(=O)CBr)C1. The molecule has 1 aliphatic heterocycles. The van der Waals surface area contributed by atoms with Crippen molar-refractivity contribution in [1.29, 1.82) is 0 Å². The van der Waals surface area contributed by atoms with Crippen molar-refractivity contribution in [2.75, 3.05) is 23.5 Å². The van der Waals surface area contributed by atoms with Crippen molar-refractivity contribution in [3.63, 3.8) is 0 Å². The Kier molecular flexibility index (Phi) is 6.04. The van der Waals surface area contributed by atoms with E-state index >= 15 is 0 Å². The lowest BCUT2D eigenvalue weighted by molar-refractivity contribution is -0.121. The van der Waals surface area contributed by atoms with Crippen LogP contribution in [-0.4, -0.2) is 48.4 Å². The van der Waals surface area contributed by atoms with Crippen molar-refractivity contribution in [3.05, 3.63) is 29.8 Å². The molecule has 1 unspecified atom stereocenters. The van der Waals surface area contributed by atoms with E-state index in [0.29, 0.717) is 29.7 Å². The van der Waals surface area contributed by atoms with Gasteiger partial charge in [-0.25, -0.2) is 0 Å². The highest BCUT2D eigenvalue weighted by molar-refractivity contribution is 9.09. The molecule has 0 spiro atoms. The monoisotopic (exact) mass is 378 g/mol. The number of ketones is 1. The second-order valence-corrected chi connectivity index (χ2v) is 5.84. The quantitative estimate of drug-likeness (QED) is 0.434. The predicted octanol–water partition coefficient (Wildman–Crippen LogP) is 2.54. The molecule has 1 aromatic rings. The lowest BCUT2D eigenvalue weighted by atomic mass is 9.94. The summed E-state index contributed by atoms with van der Waals surface area (Å²) in [6, 6.07) is 7.04. The summed E-state index contributed by atoms with van der Waals surface area (Å²) in [4.78, 5) is 26.5. The Morgan fingerprint density at radius 2 is 2.00 bits per heavy atom. The van der Waals surface area contributed by atoms with E-state index in [0.717, 1.165) is 12.8 Å². The van der Waals surface area contributed by atoms with E-state index in [1.165, 1.54) is 5.12 Å². The van der Waals surface area contributed by atoms with Crippen molar-refractivity contribution in [3.8, 4) is 0 Å². The zero-order valence-electron chi connectivity index (χ0n) is 12.8. The van der Waals surface area contributed by atoms with Crippen LogP contribution in [0.4, 0.5) is 5.69 Å². The van der Waals surface area contributed by atoms with Crippen molar-refractivity contribution >= 4 is 46.7 Å². The highest BCUT2D eigenvalue weighted by Crippen LogP contribution is 2.25. The molecule has 6 nitrogen and oxygen atoms in total. The van der Waals surface area contributed by atoms with Crippen LogP contribution in [0, 0.1) is 5.92 Å². The molecule has 1 fully saturated rings. The third-order valence-electron chi connectivity index (χ3n) is 3.91. The summed E-state index contributed by atoms with van der Waals surface area (Å²) in [6.07, 6.45) is 1.64. The maximum Gasteiger partial charge on any atom is 0.256 e. The number of anilines is 1. The van der Waals surface area contributed by atoms with Gasteiger partial charge in [-0.1, -0.05) is 28.1 Å². The van der Waals surface area contributed by atoms with Crippen LogP contribution in [0.15, 0.2) is 34.5 Å². The largest absolute Gasteiger partial charge is 0.338 e. The van der Waals surface area contributed by atoms with Gasteiger partial charge < -0.3 is 4.90 Å². The standard InChI is InChI=1S/C16H19BrN4O2/c1-18-21(19-2)14-8-4-3-7-13(14)16(23)20-9-5-6-12(11-20)15(22)10-17/h3-4,7-8,12H,1-2,5-6,9-11H2. The van der Waals surface area contributed by atoms with Crippen LogP contribution in [0.3, 0.4) is 0 Å². The van der Waals surface area contributed by atoms with Crippen LogP contribution in [0.5, 0.6) is 0 Å². The van der Waals surface area contributed by atoms with Gasteiger partial charge in [0, 0.05) is 32.4 Å². The minimum absolute atomic E-state index is 0.106. The average molecular weight is 379 g/mol. The van der Waals surface area contributed by atoms with Crippen LogP contribution in [-0.2, 0) is 4.79 Å². The summed E-state index contributed by atoms with van der Waals surface area (Å²) < 4.78 is 0. The first kappa shape index (κ1) is 17.3. The first-order chi connectivity index (χ1) is 11.1. The number of carbonyl (C=O) groups is 2. The molecular weight excluding hydrogens is 360 g/mol. The van der Waals surface area contributed by atoms with Gasteiger partial charge in [-0.2, -0.15) is 15.3 Å². The number of rotatable bonds is 6. The molecule has 1 heterocycles. The van der Waals surface area contributed by atoms with Crippen LogP contribution < -0.4 is 5.12 Å². The van der Waals surface area contributed by atoms with Crippen LogP contribution in [0.1, 0.15) is 23.2 Å². The summed E-state index contributed by atoms with van der Waals surface area (Å²) in [5.74, 6) is -0.103. The number of likely N-dealkylation sites (tertiary alicyclic amines) is 1. The van der Waals surface area contributed by atoms with Gasteiger partial charge in [-0.05, 0) is 25.0 Å². The number of hydrazone groups is 2. The van der Waals surface area contributed by atoms with Crippen LogP contribution in [0.25, 0.3) is 0 Å². The van der Waals surface area contributed by atoms with Crippen LogP contribution >= 0.6 is 15.9 Å². The van der Waals surface area contributed by atoms with Crippen LogP contribution in [0.2, 0.25) is 0 Å². The molecule has 122 valence electrons.